The molecule has 0 radical (unpaired) electrons. The Morgan fingerprint density at radius 3 is 1.83 bits per heavy atom. The Labute approximate surface area is 398 Å². The highest BCUT2D eigenvalue weighted by Gasteiger charge is 2.51. The molecule has 360 valence electrons. The summed E-state index contributed by atoms with van der Waals surface area (Å²) in [6, 6.07) is 18.3. The van der Waals surface area contributed by atoms with Crippen LogP contribution in [0.4, 0.5) is 5.69 Å². The maximum Gasteiger partial charge on any atom is 0.313 e. The summed E-state index contributed by atoms with van der Waals surface area (Å²) in [5.74, 6) is 0.0405. The molecule has 19 nitrogen and oxygen atoms in total. The van der Waals surface area contributed by atoms with Crippen molar-refractivity contribution < 1.29 is 33.4 Å². The number of aromatic nitrogens is 9. The summed E-state index contributed by atoms with van der Waals surface area (Å²) in [7, 11) is 0. The third kappa shape index (κ3) is 10.4. The van der Waals surface area contributed by atoms with E-state index in [0.29, 0.717) is 23.2 Å². The quantitative estimate of drug-likeness (QED) is 0.0806. The second kappa shape index (κ2) is 18.6. The van der Waals surface area contributed by atoms with E-state index in [0.717, 1.165) is 48.0 Å². The minimum Gasteiger partial charge on any atom is -0.442 e. The van der Waals surface area contributed by atoms with Crippen molar-refractivity contribution in [1.82, 2.24) is 56.0 Å². The largest absolute Gasteiger partial charge is 0.442 e. The molecule has 0 aliphatic heterocycles. The lowest BCUT2D eigenvalue weighted by molar-refractivity contribution is -0.158. The molecule has 0 unspecified atom stereocenters. The summed E-state index contributed by atoms with van der Waals surface area (Å²) in [6.45, 7) is 10.3. The first-order chi connectivity index (χ1) is 32.9. The molecule has 69 heavy (non-hydrogen) atoms. The van der Waals surface area contributed by atoms with Gasteiger partial charge >= 0.3 is 11.9 Å². The standard InChI is InChI=1S/C50H58N12O7/c1-48(2,3)46(66)68-27-61-41(55-57-59-61)34-18-35(42-56-58-60-62(42)28-69-47(67)49(4,5)6)20-36(19-34)53-45(65)40(17-29-10-8-7-9-11-29)54-44(64)37-21-33-12-13-51-39(33)22-38(37)43(63)52-26-50-23-30-14-31(24-50)16-32(15-30)25-50/h7-13,18-22,30-32,40,51H,14-17,23-28H2,1-6H3,(H,52,63)(H,53,65)(H,54,64)/t30?,31?,32?,40-,50?/m0/s1. The van der Waals surface area contributed by atoms with Crippen LogP contribution in [0.25, 0.3) is 33.7 Å². The second-order valence-corrected chi connectivity index (χ2v) is 21.2. The summed E-state index contributed by atoms with van der Waals surface area (Å²) >= 11 is 0. The lowest BCUT2D eigenvalue weighted by Crippen LogP contribution is -2.51. The zero-order valence-electron chi connectivity index (χ0n) is 39.7. The predicted molar refractivity (Wildman–Crippen MR) is 252 cm³/mol. The van der Waals surface area contributed by atoms with Crippen molar-refractivity contribution >= 4 is 46.3 Å². The molecule has 3 amide bonds. The maximum atomic E-state index is 14.7. The second-order valence-electron chi connectivity index (χ2n) is 21.2. The molecule has 4 fully saturated rings. The number of carbonyl (C=O) groups is 5. The van der Waals surface area contributed by atoms with Crippen molar-refractivity contribution in [3.63, 3.8) is 0 Å². The zero-order valence-corrected chi connectivity index (χ0v) is 39.7. The van der Waals surface area contributed by atoms with E-state index in [1.54, 1.807) is 78.1 Å². The number of ether oxygens (including phenoxy) is 2. The van der Waals surface area contributed by atoms with Crippen molar-refractivity contribution in [2.24, 2.45) is 34.0 Å². The minimum absolute atomic E-state index is 0.0793. The molecule has 19 heteroatoms. The number of benzene rings is 3. The molecule has 4 aliphatic rings. The van der Waals surface area contributed by atoms with Gasteiger partial charge in [0.05, 0.1) is 22.0 Å². The van der Waals surface area contributed by atoms with Gasteiger partial charge in [-0.25, -0.2) is 0 Å². The number of carbonyl (C=O) groups excluding carboxylic acids is 5. The van der Waals surface area contributed by atoms with E-state index in [1.807, 2.05) is 36.4 Å². The smallest absolute Gasteiger partial charge is 0.313 e. The van der Waals surface area contributed by atoms with Gasteiger partial charge in [0.1, 0.15) is 6.04 Å². The van der Waals surface area contributed by atoms with E-state index in [9.17, 15) is 24.0 Å². The number of fused-ring (bicyclic) bond motifs is 1. The van der Waals surface area contributed by atoms with Gasteiger partial charge in [-0.05, 0) is 166 Å². The van der Waals surface area contributed by atoms with Crippen LogP contribution in [0.1, 0.15) is 106 Å². The maximum absolute atomic E-state index is 14.7. The van der Waals surface area contributed by atoms with E-state index >= 15 is 0 Å². The number of H-pyrrole nitrogens is 1. The SMILES string of the molecule is CC(C)(C)C(=O)OCn1nnnc1-c1cc(NC(=O)[C@H](Cc2ccccc2)NC(=O)c2cc3cc[nH]c3cc2C(=O)NCC23CC4CC(CC(C4)C2)C3)cc(-c2nnnn2COC(=O)C(C)(C)C)c1. The fourth-order valence-electron chi connectivity index (χ4n) is 10.5. The van der Waals surface area contributed by atoms with E-state index in [4.69, 9.17) is 9.47 Å². The average molecular weight is 939 g/mol. The van der Waals surface area contributed by atoms with E-state index in [1.165, 1.54) is 28.6 Å². The molecule has 4 saturated carbocycles. The summed E-state index contributed by atoms with van der Waals surface area (Å²) in [4.78, 5) is 72.3. The Kier molecular flexibility index (Phi) is 12.6. The van der Waals surface area contributed by atoms with Crippen molar-refractivity contribution in [2.75, 3.05) is 11.9 Å². The van der Waals surface area contributed by atoms with Gasteiger partial charge in [-0.1, -0.05) is 30.3 Å². The monoisotopic (exact) mass is 938 g/mol. The molecular formula is C50H58N12O7. The number of hydrogen-bond donors (Lipinski definition) is 4. The molecule has 3 aromatic carbocycles. The predicted octanol–water partition coefficient (Wildman–Crippen LogP) is 6.49. The topological polar surface area (TPSA) is 243 Å². The molecule has 6 aromatic rings. The Morgan fingerprint density at radius 2 is 1.28 bits per heavy atom. The van der Waals surface area contributed by atoms with Crippen molar-refractivity contribution in [2.45, 2.75) is 106 Å². The zero-order chi connectivity index (χ0) is 48.7. The van der Waals surface area contributed by atoms with Crippen LogP contribution in [-0.2, 0) is 43.7 Å². The third-order valence-electron chi connectivity index (χ3n) is 13.5. The first kappa shape index (κ1) is 46.8. The highest BCUT2D eigenvalue weighted by atomic mass is 16.6. The summed E-state index contributed by atoms with van der Waals surface area (Å²) in [6.07, 6.45) is 9.09. The van der Waals surface area contributed by atoms with E-state index in [-0.39, 0.29) is 59.7 Å². The van der Waals surface area contributed by atoms with Crippen molar-refractivity contribution in [3.8, 4) is 22.8 Å². The minimum atomic E-state index is -1.15. The molecule has 0 spiro atoms. The molecule has 3 aromatic heterocycles. The van der Waals surface area contributed by atoms with Gasteiger partial charge in [-0.3, -0.25) is 24.0 Å². The van der Waals surface area contributed by atoms with E-state index < -0.39 is 40.6 Å². The van der Waals surface area contributed by atoms with Gasteiger partial charge in [0, 0.05) is 46.9 Å². The summed E-state index contributed by atoms with van der Waals surface area (Å²) < 4.78 is 13.7. The molecular weight excluding hydrogens is 881 g/mol. The van der Waals surface area contributed by atoms with Gasteiger partial charge in [0.2, 0.25) is 5.91 Å². The van der Waals surface area contributed by atoms with Crippen LogP contribution < -0.4 is 16.0 Å². The first-order valence-corrected chi connectivity index (χ1v) is 23.5. The van der Waals surface area contributed by atoms with Crippen LogP contribution in [0.2, 0.25) is 0 Å². The molecule has 3 heterocycles. The highest BCUT2D eigenvalue weighted by Crippen LogP contribution is 2.59. The lowest BCUT2D eigenvalue weighted by Gasteiger charge is -2.56. The van der Waals surface area contributed by atoms with Crippen molar-refractivity contribution in [1.29, 1.82) is 0 Å². The number of nitrogens with zero attached hydrogens (tertiary/aromatic N) is 8. The Balaban J connectivity index is 1.02. The van der Waals surface area contributed by atoms with Crippen LogP contribution >= 0.6 is 0 Å². The van der Waals surface area contributed by atoms with Crippen LogP contribution in [-0.4, -0.2) is 87.6 Å². The number of rotatable bonds is 15. The van der Waals surface area contributed by atoms with Crippen molar-refractivity contribution in [3.05, 3.63) is 89.6 Å². The number of aromatic amines is 1. The number of amides is 3. The fraction of sp³-hybridized carbons (Fsp3) is 0.460. The van der Waals surface area contributed by atoms with Crippen LogP contribution in [0.15, 0.2) is 72.9 Å². The molecule has 4 aliphatic carbocycles. The summed E-state index contributed by atoms with van der Waals surface area (Å²) in [5, 5.41) is 34.2. The number of hydrogen-bond acceptors (Lipinski definition) is 13. The molecule has 1 atom stereocenters. The Morgan fingerprint density at radius 1 is 0.725 bits per heavy atom. The lowest BCUT2D eigenvalue weighted by atomic mass is 9.49. The van der Waals surface area contributed by atoms with Crippen LogP contribution in [0, 0.1) is 34.0 Å². The number of nitrogens with one attached hydrogen (secondary N) is 4. The number of tetrazole rings is 2. The van der Waals surface area contributed by atoms with Gasteiger partial charge in [0.15, 0.2) is 25.1 Å². The first-order valence-electron chi connectivity index (χ1n) is 23.5. The molecule has 0 saturated heterocycles. The number of esters is 2. The third-order valence-corrected chi connectivity index (χ3v) is 13.5. The van der Waals surface area contributed by atoms with Crippen LogP contribution in [0.5, 0.6) is 0 Å². The molecule has 4 bridgehead atoms. The van der Waals surface area contributed by atoms with E-state index in [2.05, 4.69) is 52.0 Å². The average Bonchev–Trinajstić information content (AvgIpc) is 4.09. The molecule has 10 rings (SSSR count). The van der Waals surface area contributed by atoms with Gasteiger partial charge in [-0.2, -0.15) is 9.36 Å². The Bertz CT molecular complexity index is 2790. The fourth-order valence-corrected chi connectivity index (χ4v) is 10.5. The Hall–Kier alpha value is -7.31. The van der Waals surface area contributed by atoms with Gasteiger partial charge in [0.25, 0.3) is 11.8 Å². The van der Waals surface area contributed by atoms with Gasteiger partial charge in [-0.15, -0.1) is 10.2 Å². The summed E-state index contributed by atoms with van der Waals surface area (Å²) in [5.41, 5.74) is 1.30. The number of anilines is 1. The van der Waals surface area contributed by atoms with Gasteiger partial charge < -0.3 is 30.4 Å². The highest BCUT2D eigenvalue weighted by molar-refractivity contribution is 6.11. The van der Waals surface area contributed by atoms with Crippen LogP contribution in [0.3, 0.4) is 0 Å². The molecule has 4 N–H and O–H groups in total. The normalized spacial score (nSPS) is 20.1.